The number of Topliss-reactive ketones (excluding diaryl/α,β-unsaturated/α-hetero) is 1. The van der Waals surface area contributed by atoms with E-state index < -0.39 is 70.4 Å². The summed E-state index contributed by atoms with van der Waals surface area (Å²) in [5, 5.41) is 11.0. The summed E-state index contributed by atoms with van der Waals surface area (Å²) < 4.78 is 0. The number of fused-ring (bicyclic) bond motifs is 1. The molecular weight excluding hydrogens is 652 g/mol. The van der Waals surface area contributed by atoms with Gasteiger partial charge in [-0.25, -0.2) is 4.79 Å². The third-order valence-corrected chi connectivity index (χ3v) is 10.1. The van der Waals surface area contributed by atoms with Crippen LogP contribution in [0, 0.1) is 16.7 Å². The van der Waals surface area contributed by atoms with E-state index in [9.17, 15) is 33.6 Å². The highest BCUT2D eigenvalue weighted by molar-refractivity contribution is 6.38. The predicted octanol–water partition coefficient (Wildman–Crippen LogP) is 2.88. The highest BCUT2D eigenvalue weighted by atomic mass is 16.2. The van der Waals surface area contributed by atoms with Crippen LogP contribution >= 0.6 is 0 Å². The van der Waals surface area contributed by atoms with Crippen molar-refractivity contribution in [3.63, 3.8) is 0 Å². The van der Waals surface area contributed by atoms with Gasteiger partial charge in [-0.1, -0.05) is 85.1 Å². The molecule has 2 aliphatic heterocycles. The Morgan fingerprint density at radius 3 is 2.22 bits per heavy atom. The van der Waals surface area contributed by atoms with E-state index in [0.717, 1.165) is 19.3 Å². The largest absolute Gasteiger partial charge is 0.346 e. The Balaban J connectivity index is 1.46. The lowest BCUT2D eigenvalue weighted by atomic mass is 9.80. The van der Waals surface area contributed by atoms with Crippen LogP contribution in [0.1, 0.15) is 96.0 Å². The molecule has 278 valence electrons. The SMILES string of the molecule is C=CCNC(=O)C(=O)C(CC1CCC1)NC(=O)[C@@H]1CCCN1C(=O)[C@@H](NC(=O)N[C@H](CN1C(=O)Cc2ccccc2C1=O)C(C)(C)C)C(C)(C)C. The fourth-order valence-corrected chi connectivity index (χ4v) is 6.72. The third kappa shape index (κ3) is 9.62. The second-order valence-electron chi connectivity index (χ2n) is 16.1. The van der Waals surface area contributed by atoms with Crippen molar-refractivity contribution in [2.24, 2.45) is 16.7 Å². The number of amides is 7. The number of rotatable bonds is 13. The number of nitrogens with one attached hydrogen (secondary N) is 4. The van der Waals surface area contributed by atoms with E-state index in [4.69, 9.17) is 0 Å². The summed E-state index contributed by atoms with van der Waals surface area (Å²) in [6.45, 7) is 15.0. The van der Waals surface area contributed by atoms with E-state index in [-0.39, 0.29) is 37.9 Å². The van der Waals surface area contributed by atoms with Crippen LogP contribution in [-0.2, 0) is 30.4 Å². The Labute approximate surface area is 300 Å². The zero-order valence-electron chi connectivity index (χ0n) is 30.8. The van der Waals surface area contributed by atoms with Crippen LogP contribution in [0.5, 0.6) is 0 Å². The molecule has 1 unspecified atom stereocenters. The maximum absolute atomic E-state index is 14.2. The van der Waals surface area contributed by atoms with Crippen molar-refractivity contribution in [2.45, 2.75) is 111 Å². The Morgan fingerprint density at radius 2 is 1.61 bits per heavy atom. The van der Waals surface area contributed by atoms with E-state index in [2.05, 4.69) is 27.8 Å². The molecule has 7 amide bonds. The first-order chi connectivity index (χ1) is 23.9. The molecule has 1 aliphatic carbocycles. The second-order valence-corrected chi connectivity index (χ2v) is 16.1. The van der Waals surface area contributed by atoms with Gasteiger partial charge in [0.25, 0.3) is 11.8 Å². The Kier molecular flexibility index (Phi) is 12.5. The van der Waals surface area contributed by atoms with Gasteiger partial charge in [0.15, 0.2) is 0 Å². The lowest BCUT2D eigenvalue weighted by molar-refractivity contribution is -0.144. The minimum Gasteiger partial charge on any atom is -0.346 e. The van der Waals surface area contributed by atoms with Crippen molar-refractivity contribution in [1.82, 2.24) is 31.1 Å². The van der Waals surface area contributed by atoms with Crippen LogP contribution in [0.25, 0.3) is 0 Å². The van der Waals surface area contributed by atoms with Crippen LogP contribution in [0.3, 0.4) is 0 Å². The van der Waals surface area contributed by atoms with Crippen molar-refractivity contribution in [3.05, 3.63) is 48.0 Å². The van der Waals surface area contributed by atoms with Gasteiger partial charge in [0.2, 0.25) is 23.5 Å². The van der Waals surface area contributed by atoms with Crippen LogP contribution in [0.2, 0.25) is 0 Å². The zero-order valence-corrected chi connectivity index (χ0v) is 30.8. The van der Waals surface area contributed by atoms with Crippen molar-refractivity contribution >= 4 is 41.4 Å². The molecule has 4 N–H and O–H groups in total. The van der Waals surface area contributed by atoms with E-state index >= 15 is 0 Å². The van der Waals surface area contributed by atoms with Gasteiger partial charge in [-0.3, -0.25) is 33.7 Å². The van der Waals surface area contributed by atoms with E-state index in [1.165, 1.54) is 15.9 Å². The summed E-state index contributed by atoms with van der Waals surface area (Å²) >= 11 is 0. The molecule has 51 heavy (non-hydrogen) atoms. The first-order valence-corrected chi connectivity index (χ1v) is 18.0. The maximum Gasteiger partial charge on any atom is 0.315 e. The van der Waals surface area contributed by atoms with E-state index in [1.54, 1.807) is 45.0 Å². The van der Waals surface area contributed by atoms with E-state index in [0.29, 0.717) is 30.4 Å². The molecular formula is C38H54N6O7. The fraction of sp³-hybridized carbons (Fsp3) is 0.605. The number of nitrogens with zero attached hydrogens (tertiary/aromatic N) is 2. The first kappa shape index (κ1) is 39.2. The summed E-state index contributed by atoms with van der Waals surface area (Å²) in [4.78, 5) is 96.1. The number of imide groups is 1. The predicted molar refractivity (Wildman–Crippen MR) is 191 cm³/mol. The number of hydrogen-bond acceptors (Lipinski definition) is 7. The van der Waals surface area contributed by atoms with Crippen LogP contribution in [0.4, 0.5) is 4.79 Å². The van der Waals surface area contributed by atoms with Crippen molar-refractivity contribution in [1.29, 1.82) is 0 Å². The average Bonchev–Trinajstić information content (AvgIpc) is 3.53. The molecule has 0 spiro atoms. The summed E-state index contributed by atoms with van der Waals surface area (Å²) in [6.07, 6.45) is 5.65. The van der Waals surface area contributed by atoms with Gasteiger partial charge >= 0.3 is 6.03 Å². The van der Waals surface area contributed by atoms with Crippen LogP contribution in [0.15, 0.2) is 36.9 Å². The molecule has 0 bridgehead atoms. The molecule has 0 radical (unpaired) electrons. The van der Waals surface area contributed by atoms with Gasteiger partial charge in [0.1, 0.15) is 12.1 Å². The Morgan fingerprint density at radius 1 is 0.922 bits per heavy atom. The highest BCUT2D eigenvalue weighted by Crippen LogP contribution is 2.31. The fourth-order valence-electron chi connectivity index (χ4n) is 6.72. The number of ketones is 1. The summed E-state index contributed by atoms with van der Waals surface area (Å²) in [5.74, 6) is -3.05. The quantitative estimate of drug-likeness (QED) is 0.139. The molecule has 0 aromatic heterocycles. The van der Waals surface area contributed by atoms with Crippen molar-refractivity contribution in [3.8, 4) is 0 Å². The van der Waals surface area contributed by atoms with Crippen LogP contribution in [-0.4, -0.2) is 95.0 Å². The second kappa shape index (κ2) is 16.2. The molecule has 1 aromatic rings. The monoisotopic (exact) mass is 706 g/mol. The molecule has 1 saturated carbocycles. The van der Waals surface area contributed by atoms with Gasteiger partial charge < -0.3 is 26.2 Å². The van der Waals surface area contributed by atoms with Crippen molar-refractivity contribution in [2.75, 3.05) is 19.6 Å². The average molecular weight is 707 g/mol. The maximum atomic E-state index is 14.2. The zero-order chi connectivity index (χ0) is 37.7. The molecule has 1 aromatic carbocycles. The minimum atomic E-state index is -1.05. The van der Waals surface area contributed by atoms with Gasteiger partial charge in [-0.15, -0.1) is 6.58 Å². The molecule has 13 nitrogen and oxygen atoms in total. The minimum absolute atomic E-state index is 0.0578. The van der Waals surface area contributed by atoms with Gasteiger partial charge in [-0.05, 0) is 47.6 Å². The third-order valence-electron chi connectivity index (χ3n) is 10.1. The van der Waals surface area contributed by atoms with Gasteiger partial charge in [-0.2, -0.15) is 0 Å². The highest BCUT2D eigenvalue weighted by Gasteiger charge is 2.44. The van der Waals surface area contributed by atoms with Crippen LogP contribution < -0.4 is 21.3 Å². The number of carbonyl (C=O) groups is 7. The topological polar surface area (TPSA) is 174 Å². The molecule has 13 heteroatoms. The number of likely N-dealkylation sites (tertiary alicyclic amines) is 1. The lowest BCUT2D eigenvalue weighted by Gasteiger charge is -2.38. The van der Waals surface area contributed by atoms with Gasteiger partial charge in [0.05, 0.1) is 18.5 Å². The summed E-state index contributed by atoms with van der Waals surface area (Å²) in [5.41, 5.74) is -0.239. The molecule has 2 heterocycles. The standard InChI is InChI=1S/C38H54N6O7/c1-8-18-39-33(48)30(46)26(20-23-13-11-14-23)40-32(47)27-17-12-19-43(27)35(50)31(38(5,6)7)42-36(51)41-28(37(2,3)4)22-44-29(45)21-24-15-9-10-16-25(24)34(44)49/h8-10,15-16,23,26-28,31H,1,11-14,17-22H2,2-7H3,(H,39,48)(H,40,47)(H2,41,42,51)/t26?,27-,28+,31+/m0/s1. The summed E-state index contributed by atoms with van der Waals surface area (Å²) in [6, 6.07) is 2.69. The number of urea groups is 1. The molecule has 4 rings (SSSR count). The molecule has 3 aliphatic rings. The number of benzene rings is 1. The normalized spacial score (nSPS) is 19.6. The molecule has 2 fully saturated rings. The molecule has 1 saturated heterocycles. The lowest BCUT2D eigenvalue weighted by Crippen LogP contribution is -2.62. The first-order valence-electron chi connectivity index (χ1n) is 18.0. The number of hydrogen-bond donors (Lipinski definition) is 4. The van der Waals surface area contributed by atoms with E-state index in [1.807, 2.05) is 20.8 Å². The van der Waals surface area contributed by atoms with Gasteiger partial charge in [0, 0.05) is 25.2 Å². The molecule has 4 atom stereocenters. The summed E-state index contributed by atoms with van der Waals surface area (Å²) in [7, 11) is 0. The number of carbonyl (C=O) groups excluding carboxylic acids is 7. The van der Waals surface area contributed by atoms with Crippen molar-refractivity contribution < 1.29 is 33.6 Å². The Hall–Kier alpha value is -4.55. The Bertz CT molecular complexity index is 1540. The smallest absolute Gasteiger partial charge is 0.315 e.